The summed E-state index contributed by atoms with van der Waals surface area (Å²) in [5, 5.41) is 0. The molecular formula is C21H27IN2O4S. The Morgan fingerprint density at radius 3 is 2.21 bits per heavy atom. The predicted molar refractivity (Wildman–Crippen MR) is 123 cm³/mol. The number of nitrogens with one attached hydrogen (secondary N) is 1. The maximum Gasteiger partial charge on any atom is 0.256 e. The van der Waals surface area contributed by atoms with Gasteiger partial charge in [-0.3, -0.25) is 4.79 Å². The first-order chi connectivity index (χ1) is 13.6. The highest BCUT2D eigenvalue weighted by molar-refractivity contribution is 14.1. The molecule has 0 atom stereocenters. The van der Waals surface area contributed by atoms with E-state index in [1.165, 1.54) is 7.11 Å². The molecule has 1 amide bonds. The molecule has 0 saturated carbocycles. The van der Waals surface area contributed by atoms with Crippen LogP contribution >= 0.6 is 22.6 Å². The van der Waals surface area contributed by atoms with Crippen LogP contribution in [-0.4, -0.2) is 39.4 Å². The smallest absolute Gasteiger partial charge is 0.256 e. The van der Waals surface area contributed by atoms with Gasteiger partial charge in [0.05, 0.1) is 18.2 Å². The molecule has 0 fully saturated rings. The quantitative estimate of drug-likeness (QED) is 0.524. The standard InChI is InChI=1S/C21H27IN2O4S/c1-6-24(7-2)20(25)18-16(22)13-14-17(28-5)19(18)29(26,27)23-21(3,4)15-11-9-8-10-12-15/h8-14,23H,6-7H2,1-5H3. The Morgan fingerprint density at radius 1 is 1.10 bits per heavy atom. The molecule has 6 nitrogen and oxygen atoms in total. The summed E-state index contributed by atoms with van der Waals surface area (Å²) >= 11 is 1.99. The minimum atomic E-state index is -4.08. The van der Waals surface area contributed by atoms with E-state index in [9.17, 15) is 13.2 Å². The molecule has 2 aromatic rings. The number of carbonyl (C=O) groups excluding carboxylic acids is 1. The van der Waals surface area contributed by atoms with E-state index in [4.69, 9.17) is 4.74 Å². The summed E-state index contributed by atoms with van der Waals surface area (Å²) in [6, 6.07) is 12.6. The largest absolute Gasteiger partial charge is 0.495 e. The van der Waals surface area contributed by atoms with Gasteiger partial charge < -0.3 is 9.64 Å². The van der Waals surface area contributed by atoms with Crippen molar-refractivity contribution in [3.05, 3.63) is 57.2 Å². The molecule has 0 unspecified atom stereocenters. The van der Waals surface area contributed by atoms with Crippen molar-refractivity contribution in [1.82, 2.24) is 9.62 Å². The molecule has 0 bridgehead atoms. The first kappa shape index (κ1) is 23.6. The van der Waals surface area contributed by atoms with E-state index < -0.39 is 15.6 Å². The van der Waals surface area contributed by atoms with Gasteiger partial charge in [-0.05, 0) is 68.0 Å². The SMILES string of the molecule is CCN(CC)C(=O)c1c(I)ccc(OC)c1S(=O)(=O)NC(C)(C)c1ccccc1. The van der Waals surface area contributed by atoms with Gasteiger partial charge in [0.2, 0.25) is 10.0 Å². The fourth-order valence-electron chi connectivity index (χ4n) is 3.14. The number of rotatable bonds is 8. The summed E-state index contributed by atoms with van der Waals surface area (Å²) < 4.78 is 35.7. The molecule has 0 aliphatic carbocycles. The van der Waals surface area contributed by atoms with E-state index in [1.807, 2.05) is 66.8 Å². The van der Waals surface area contributed by atoms with E-state index in [0.29, 0.717) is 16.7 Å². The lowest BCUT2D eigenvalue weighted by molar-refractivity contribution is 0.0767. The maximum atomic E-state index is 13.5. The Labute approximate surface area is 186 Å². The molecule has 0 heterocycles. The second-order valence-electron chi connectivity index (χ2n) is 7.03. The van der Waals surface area contributed by atoms with Gasteiger partial charge in [0.1, 0.15) is 10.6 Å². The molecular weight excluding hydrogens is 503 g/mol. The van der Waals surface area contributed by atoms with Gasteiger partial charge in [0.25, 0.3) is 5.91 Å². The minimum Gasteiger partial charge on any atom is -0.495 e. The second kappa shape index (κ2) is 9.44. The van der Waals surface area contributed by atoms with E-state index in [-0.39, 0.29) is 22.1 Å². The lowest BCUT2D eigenvalue weighted by Gasteiger charge is -2.28. The van der Waals surface area contributed by atoms with Crippen molar-refractivity contribution in [3.63, 3.8) is 0 Å². The molecule has 0 aliphatic heterocycles. The Morgan fingerprint density at radius 2 is 1.69 bits per heavy atom. The Kier molecular flexibility index (Phi) is 7.69. The van der Waals surface area contributed by atoms with Gasteiger partial charge in [-0.15, -0.1) is 0 Å². The first-order valence-electron chi connectivity index (χ1n) is 9.34. The molecule has 0 saturated heterocycles. The van der Waals surface area contributed by atoms with E-state index in [1.54, 1.807) is 30.9 Å². The zero-order valence-corrected chi connectivity index (χ0v) is 20.3. The van der Waals surface area contributed by atoms with E-state index in [2.05, 4.69) is 4.72 Å². The van der Waals surface area contributed by atoms with Crippen molar-refractivity contribution in [2.75, 3.05) is 20.2 Å². The maximum absolute atomic E-state index is 13.5. The third-order valence-electron chi connectivity index (χ3n) is 4.71. The van der Waals surface area contributed by atoms with Crippen LogP contribution in [0.25, 0.3) is 0 Å². The van der Waals surface area contributed by atoms with Crippen LogP contribution in [0.1, 0.15) is 43.6 Å². The van der Waals surface area contributed by atoms with Gasteiger partial charge in [-0.2, -0.15) is 0 Å². The summed E-state index contributed by atoms with van der Waals surface area (Å²) in [6.07, 6.45) is 0. The van der Waals surface area contributed by atoms with Gasteiger partial charge >= 0.3 is 0 Å². The van der Waals surface area contributed by atoms with Crippen molar-refractivity contribution < 1.29 is 17.9 Å². The zero-order valence-electron chi connectivity index (χ0n) is 17.3. The van der Waals surface area contributed by atoms with Crippen LogP contribution in [0.4, 0.5) is 0 Å². The van der Waals surface area contributed by atoms with Crippen molar-refractivity contribution in [2.24, 2.45) is 0 Å². The fourth-order valence-corrected chi connectivity index (χ4v) is 5.77. The molecule has 1 N–H and O–H groups in total. The van der Waals surface area contributed by atoms with Crippen molar-refractivity contribution >= 4 is 38.5 Å². The van der Waals surface area contributed by atoms with Gasteiger partial charge in [-0.1, -0.05) is 30.3 Å². The third kappa shape index (κ3) is 5.10. The van der Waals surface area contributed by atoms with Crippen LogP contribution < -0.4 is 9.46 Å². The van der Waals surface area contributed by atoms with E-state index >= 15 is 0 Å². The Hall–Kier alpha value is -1.65. The van der Waals surface area contributed by atoms with Gasteiger partial charge in [0.15, 0.2) is 0 Å². The Bertz CT molecular complexity index is 972. The summed E-state index contributed by atoms with van der Waals surface area (Å²) in [4.78, 5) is 14.6. The molecule has 0 spiro atoms. The van der Waals surface area contributed by atoms with Gasteiger partial charge in [-0.25, -0.2) is 13.1 Å². The lowest BCUT2D eigenvalue weighted by Crippen LogP contribution is -2.42. The number of benzene rings is 2. The van der Waals surface area contributed by atoms with E-state index in [0.717, 1.165) is 5.56 Å². The number of halogens is 1. The van der Waals surface area contributed by atoms with Crippen molar-refractivity contribution in [1.29, 1.82) is 0 Å². The van der Waals surface area contributed by atoms with Crippen LogP contribution in [0.2, 0.25) is 0 Å². The molecule has 158 valence electrons. The van der Waals surface area contributed by atoms with Crippen LogP contribution in [0.3, 0.4) is 0 Å². The Balaban J connectivity index is 2.65. The number of sulfonamides is 1. The monoisotopic (exact) mass is 530 g/mol. The van der Waals surface area contributed by atoms with Crippen LogP contribution in [0.5, 0.6) is 5.75 Å². The fraction of sp³-hybridized carbons (Fsp3) is 0.381. The van der Waals surface area contributed by atoms with Gasteiger partial charge in [0, 0.05) is 16.7 Å². The summed E-state index contributed by atoms with van der Waals surface area (Å²) in [5.74, 6) is -0.200. The molecule has 0 aromatic heterocycles. The summed E-state index contributed by atoms with van der Waals surface area (Å²) in [7, 11) is -2.69. The second-order valence-corrected chi connectivity index (χ2v) is 9.81. The number of ether oxygens (including phenoxy) is 1. The highest BCUT2D eigenvalue weighted by Crippen LogP contribution is 2.34. The highest BCUT2D eigenvalue weighted by Gasteiger charge is 2.35. The molecule has 0 radical (unpaired) electrons. The molecule has 2 rings (SSSR count). The predicted octanol–water partition coefficient (Wildman–Crippen LogP) is 4.00. The number of amides is 1. The molecule has 0 aliphatic rings. The number of methoxy groups -OCH3 is 1. The average Bonchev–Trinajstić information content (AvgIpc) is 2.68. The first-order valence-corrected chi connectivity index (χ1v) is 11.9. The summed E-state index contributed by atoms with van der Waals surface area (Å²) in [6.45, 7) is 8.24. The van der Waals surface area contributed by atoms with Crippen molar-refractivity contribution in [3.8, 4) is 5.75 Å². The number of carbonyl (C=O) groups is 1. The number of hydrogen-bond donors (Lipinski definition) is 1. The van der Waals surface area contributed by atoms with Crippen LogP contribution in [0.15, 0.2) is 47.4 Å². The highest BCUT2D eigenvalue weighted by atomic mass is 127. The molecule has 2 aromatic carbocycles. The normalized spacial score (nSPS) is 11.9. The topological polar surface area (TPSA) is 75.7 Å². The van der Waals surface area contributed by atoms with Crippen molar-refractivity contribution in [2.45, 2.75) is 38.1 Å². The molecule has 29 heavy (non-hydrogen) atoms. The zero-order chi connectivity index (χ0) is 21.8. The molecule has 8 heteroatoms. The number of nitrogens with zero attached hydrogens (tertiary/aromatic N) is 1. The van der Waals surface area contributed by atoms with Crippen LogP contribution in [0, 0.1) is 3.57 Å². The van der Waals surface area contributed by atoms with Crippen LogP contribution in [-0.2, 0) is 15.6 Å². The lowest BCUT2D eigenvalue weighted by atomic mass is 9.96. The number of hydrogen-bond acceptors (Lipinski definition) is 4. The summed E-state index contributed by atoms with van der Waals surface area (Å²) in [5.41, 5.74) is 0.0526. The average molecular weight is 530 g/mol. The minimum absolute atomic E-state index is 0.130. The third-order valence-corrected chi connectivity index (χ3v) is 7.33.